The summed E-state index contributed by atoms with van der Waals surface area (Å²) in [5.74, 6) is 2.04. The number of hydrogen-bond acceptors (Lipinski definition) is 3. The van der Waals surface area contributed by atoms with Crippen LogP contribution in [0.4, 0.5) is 5.69 Å². The van der Waals surface area contributed by atoms with E-state index in [0.717, 1.165) is 12.0 Å². The van der Waals surface area contributed by atoms with Crippen LogP contribution in [0.15, 0.2) is 23.1 Å². The highest BCUT2D eigenvalue weighted by Crippen LogP contribution is 2.50. The molecule has 23 heavy (non-hydrogen) atoms. The van der Waals surface area contributed by atoms with Gasteiger partial charge in [0.1, 0.15) is 0 Å². The lowest BCUT2D eigenvalue weighted by molar-refractivity contribution is 0.190. The highest BCUT2D eigenvalue weighted by molar-refractivity contribution is 7.99. The van der Waals surface area contributed by atoms with Crippen molar-refractivity contribution < 1.29 is 0 Å². The zero-order valence-corrected chi connectivity index (χ0v) is 15.3. The van der Waals surface area contributed by atoms with Crippen molar-refractivity contribution in [1.82, 2.24) is 4.90 Å². The van der Waals surface area contributed by atoms with E-state index in [1.807, 2.05) is 0 Å². The first-order valence-electron chi connectivity index (χ1n) is 9.63. The normalized spacial score (nSPS) is 26.7. The van der Waals surface area contributed by atoms with Crippen LogP contribution in [0.25, 0.3) is 0 Å². The van der Waals surface area contributed by atoms with Crippen molar-refractivity contribution in [2.24, 2.45) is 0 Å². The van der Waals surface area contributed by atoms with Crippen LogP contribution in [0.5, 0.6) is 0 Å². The Kier molecular flexibility index (Phi) is 4.86. The standard InChI is InChI=1S/C20H30N2S/c1-2-3-4-5-11-21-13-10-18-17(15-21)16-8-6-9-19-20(16)22(18)12-7-14-23-19/h6,8-9,17-18H,2-5,7,10-15H2,1H3/t17-,18-/m1/s1. The molecule has 0 N–H and O–H groups in total. The van der Waals surface area contributed by atoms with Crippen LogP contribution in [-0.2, 0) is 0 Å². The molecule has 0 aromatic heterocycles. The summed E-state index contributed by atoms with van der Waals surface area (Å²) in [7, 11) is 0. The van der Waals surface area contributed by atoms with Crippen LogP contribution in [0.3, 0.4) is 0 Å². The molecule has 0 saturated carbocycles. The molecule has 1 saturated heterocycles. The van der Waals surface area contributed by atoms with E-state index < -0.39 is 0 Å². The van der Waals surface area contributed by atoms with Gasteiger partial charge >= 0.3 is 0 Å². The molecule has 2 atom stereocenters. The second kappa shape index (κ2) is 7.06. The number of thioether (sulfide) groups is 1. The van der Waals surface area contributed by atoms with E-state index in [1.54, 1.807) is 16.1 Å². The molecule has 3 aliphatic rings. The highest BCUT2D eigenvalue weighted by atomic mass is 32.2. The first-order chi connectivity index (χ1) is 11.4. The SMILES string of the molecule is CCCCCCN1CC[C@@H]2[C@H](C1)c1cccc3c1N2CCCS3. The maximum atomic E-state index is 2.78. The first kappa shape index (κ1) is 15.8. The fourth-order valence-electron chi connectivity index (χ4n) is 4.77. The molecule has 1 aromatic carbocycles. The summed E-state index contributed by atoms with van der Waals surface area (Å²) in [6.07, 6.45) is 8.23. The predicted octanol–water partition coefficient (Wildman–Crippen LogP) is 4.74. The Labute approximate surface area is 145 Å². The molecular weight excluding hydrogens is 300 g/mol. The molecule has 1 aromatic rings. The molecule has 126 valence electrons. The topological polar surface area (TPSA) is 6.48 Å². The molecule has 0 bridgehead atoms. The number of benzene rings is 1. The minimum Gasteiger partial charge on any atom is -0.367 e. The smallest absolute Gasteiger partial charge is 0.0543 e. The Balaban J connectivity index is 1.50. The molecule has 0 spiro atoms. The van der Waals surface area contributed by atoms with E-state index in [0.29, 0.717) is 0 Å². The number of unbranched alkanes of at least 4 members (excludes halogenated alkanes) is 3. The molecule has 2 nitrogen and oxygen atoms in total. The zero-order valence-electron chi connectivity index (χ0n) is 14.5. The lowest BCUT2D eigenvalue weighted by Crippen LogP contribution is -2.46. The van der Waals surface area contributed by atoms with E-state index >= 15 is 0 Å². The van der Waals surface area contributed by atoms with E-state index in [-0.39, 0.29) is 0 Å². The van der Waals surface area contributed by atoms with Crippen molar-refractivity contribution in [3.63, 3.8) is 0 Å². The number of rotatable bonds is 5. The van der Waals surface area contributed by atoms with Gasteiger partial charge in [-0.1, -0.05) is 38.3 Å². The summed E-state index contributed by atoms with van der Waals surface area (Å²) in [4.78, 5) is 7.07. The van der Waals surface area contributed by atoms with Gasteiger partial charge in [0.05, 0.1) is 5.69 Å². The second-order valence-electron chi connectivity index (χ2n) is 7.41. The third kappa shape index (κ3) is 3.02. The average molecular weight is 331 g/mol. The van der Waals surface area contributed by atoms with Crippen molar-refractivity contribution in [3.05, 3.63) is 23.8 Å². The van der Waals surface area contributed by atoms with E-state index in [1.165, 1.54) is 70.5 Å². The Bertz CT molecular complexity index is 544. The summed E-state index contributed by atoms with van der Waals surface area (Å²) in [6.45, 7) is 7.48. The summed E-state index contributed by atoms with van der Waals surface area (Å²) in [5.41, 5.74) is 3.26. The van der Waals surface area contributed by atoms with Crippen LogP contribution in [0.1, 0.15) is 56.9 Å². The van der Waals surface area contributed by atoms with Gasteiger partial charge in [0, 0.05) is 36.5 Å². The summed E-state index contributed by atoms with van der Waals surface area (Å²) in [5, 5.41) is 0. The molecule has 0 amide bonds. The summed E-state index contributed by atoms with van der Waals surface area (Å²) < 4.78 is 0. The third-order valence-electron chi connectivity index (χ3n) is 5.91. The molecule has 0 aliphatic carbocycles. The number of anilines is 1. The number of fused-ring (bicyclic) bond motifs is 3. The Morgan fingerprint density at radius 2 is 2.13 bits per heavy atom. The van der Waals surface area contributed by atoms with Gasteiger partial charge < -0.3 is 9.80 Å². The van der Waals surface area contributed by atoms with Crippen molar-refractivity contribution in [1.29, 1.82) is 0 Å². The first-order valence-corrected chi connectivity index (χ1v) is 10.6. The minimum atomic E-state index is 0.753. The van der Waals surface area contributed by atoms with E-state index in [2.05, 4.69) is 46.7 Å². The largest absolute Gasteiger partial charge is 0.367 e. The van der Waals surface area contributed by atoms with Crippen molar-refractivity contribution in [2.45, 2.75) is 62.3 Å². The van der Waals surface area contributed by atoms with Gasteiger partial charge in [0.15, 0.2) is 0 Å². The van der Waals surface area contributed by atoms with Crippen LogP contribution in [-0.4, -0.2) is 42.9 Å². The maximum absolute atomic E-state index is 2.78. The number of nitrogens with zero attached hydrogens (tertiary/aromatic N) is 2. The fourth-order valence-corrected chi connectivity index (χ4v) is 5.81. The molecule has 1 fully saturated rings. The lowest BCUT2D eigenvalue weighted by atomic mass is 9.89. The Hall–Kier alpha value is -0.670. The van der Waals surface area contributed by atoms with Crippen molar-refractivity contribution in [2.75, 3.05) is 36.8 Å². The summed E-state index contributed by atoms with van der Waals surface area (Å²) in [6, 6.07) is 7.84. The van der Waals surface area contributed by atoms with Gasteiger partial charge in [-0.25, -0.2) is 0 Å². The molecule has 0 unspecified atom stereocenters. The van der Waals surface area contributed by atoms with Crippen LogP contribution in [0.2, 0.25) is 0 Å². The van der Waals surface area contributed by atoms with Crippen molar-refractivity contribution >= 4 is 17.4 Å². The van der Waals surface area contributed by atoms with Crippen LogP contribution < -0.4 is 4.90 Å². The zero-order chi connectivity index (χ0) is 15.6. The molecule has 0 radical (unpaired) electrons. The summed E-state index contributed by atoms with van der Waals surface area (Å²) >= 11 is 2.08. The molecule has 3 aliphatic heterocycles. The van der Waals surface area contributed by atoms with Gasteiger partial charge in [0.2, 0.25) is 0 Å². The van der Waals surface area contributed by atoms with E-state index in [4.69, 9.17) is 0 Å². The van der Waals surface area contributed by atoms with Gasteiger partial charge in [-0.2, -0.15) is 0 Å². The second-order valence-corrected chi connectivity index (χ2v) is 8.55. The lowest BCUT2D eigenvalue weighted by Gasteiger charge is -2.39. The molecule has 3 heterocycles. The van der Waals surface area contributed by atoms with Gasteiger partial charge in [-0.15, -0.1) is 11.8 Å². The molecule has 3 heteroatoms. The quantitative estimate of drug-likeness (QED) is 0.720. The van der Waals surface area contributed by atoms with Crippen molar-refractivity contribution in [3.8, 4) is 0 Å². The maximum Gasteiger partial charge on any atom is 0.0543 e. The van der Waals surface area contributed by atoms with Gasteiger partial charge in [0.25, 0.3) is 0 Å². The van der Waals surface area contributed by atoms with Crippen LogP contribution in [0, 0.1) is 0 Å². The fraction of sp³-hybridized carbons (Fsp3) is 0.700. The number of hydrogen-bond donors (Lipinski definition) is 0. The highest BCUT2D eigenvalue weighted by Gasteiger charge is 2.42. The predicted molar refractivity (Wildman–Crippen MR) is 101 cm³/mol. The average Bonchev–Trinajstić information content (AvgIpc) is 2.75. The Morgan fingerprint density at radius 3 is 3.04 bits per heavy atom. The molecule has 4 rings (SSSR count). The Morgan fingerprint density at radius 1 is 1.17 bits per heavy atom. The van der Waals surface area contributed by atoms with E-state index in [9.17, 15) is 0 Å². The number of para-hydroxylation sites is 1. The molecular formula is C20H30N2S. The van der Waals surface area contributed by atoms with Gasteiger partial charge in [-0.3, -0.25) is 0 Å². The monoisotopic (exact) mass is 330 g/mol. The van der Waals surface area contributed by atoms with Gasteiger partial charge in [-0.05, 0) is 43.2 Å². The third-order valence-corrected chi connectivity index (χ3v) is 7.04. The number of likely N-dealkylation sites (tertiary alicyclic amines) is 1. The number of piperidine rings is 1. The van der Waals surface area contributed by atoms with Crippen LogP contribution >= 0.6 is 11.8 Å². The minimum absolute atomic E-state index is 0.753.